The molecule has 102 valence electrons. The number of aryl methyl sites for hydroxylation is 2. The number of hydrogen-bond donors (Lipinski definition) is 0. The molecule has 0 atom stereocenters. The van der Waals surface area contributed by atoms with Crippen LogP contribution in [0.1, 0.15) is 10.5 Å². The molecule has 0 bridgehead atoms. The van der Waals surface area contributed by atoms with Gasteiger partial charge in [-0.2, -0.15) is 0 Å². The molecule has 0 aliphatic heterocycles. The molecule has 0 radical (unpaired) electrons. The Morgan fingerprint density at radius 2 is 1.83 bits per heavy atom. The number of carboxylic acid groups (broad SMARTS) is 2. The average Bonchev–Trinajstić information content (AvgIpc) is 2.41. The molecule has 1 aromatic heterocycles. The summed E-state index contributed by atoms with van der Waals surface area (Å²) in [6, 6.07) is 0. The third-order valence-electron chi connectivity index (χ3n) is 1.87. The monoisotopic (exact) mass is 257 g/mol. The molecule has 0 aromatic carbocycles. The number of rotatable bonds is 3. The number of aromatic carboxylic acids is 1. The summed E-state index contributed by atoms with van der Waals surface area (Å²) in [5.74, 6) is -2.15. The second-order valence-corrected chi connectivity index (χ2v) is 5.01. The van der Waals surface area contributed by atoms with Gasteiger partial charge in [0.25, 0.3) is 0 Å². The lowest BCUT2D eigenvalue weighted by molar-refractivity contribution is -0.864. The van der Waals surface area contributed by atoms with Crippen molar-refractivity contribution in [3.8, 4) is 0 Å². The Bertz CT molecular complexity index is 432. The first-order chi connectivity index (χ1) is 8.03. The summed E-state index contributed by atoms with van der Waals surface area (Å²) in [6.07, 6.45) is 3.15. The first-order valence-corrected chi connectivity index (χ1v) is 5.26. The maximum Gasteiger partial charge on any atom is 0.243 e. The number of imidazole rings is 1. The van der Waals surface area contributed by atoms with Gasteiger partial charge in [0.15, 0.2) is 5.69 Å². The van der Waals surface area contributed by atoms with Crippen LogP contribution in [-0.2, 0) is 18.9 Å². The zero-order valence-corrected chi connectivity index (χ0v) is 11.3. The molecule has 0 saturated carbocycles. The number of quaternary nitrogens is 1. The van der Waals surface area contributed by atoms with Gasteiger partial charge in [-0.15, -0.1) is 0 Å². The van der Waals surface area contributed by atoms with E-state index >= 15 is 0 Å². The Morgan fingerprint density at radius 1 is 1.33 bits per heavy atom. The van der Waals surface area contributed by atoms with E-state index in [1.807, 2.05) is 0 Å². The molecule has 0 N–H and O–H groups in total. The Hall–Kier alpha value is -1.89. The number of carbonyl (C=O) groups is 2. The van der Waals surface area contributed by atoms with E-state index in [0.717, 1.165) is 0 Å². The van der Waals surface area contributed by atoms with Crippen molar-refractivity contribution in [3.63, 3.8) is 0 Å². The van der Waals surface area contributed by atoms with Crippen LogP contribution >= 0.6 is 0 Å². The van der Waals surface area contributed by atoms with Gasteiger partial charge in [-0.05, 0) is 0 Å². The average molecular weight is 257 g/mol. The standard InChI is InChI=1S/C6H8N2O2.C5H11NO2/c1-7-3-5(6(9)10)8(2)4-7;1-6(2,3)4-5(7)8/h3-4H,1-2H3;4H2,1-3H3. The van der Waals surface area contributed by atoms with Crippen molar-refractivity contribution in [2.75, 3.05) is 27.7 Å². The number of aliphatic carboxylic acids is 1. The lowest BCUT2D eigenvalue weighted by Gasteiger charge is -2.23. The predicted molar refractivity (Wildman–Crippen MR) is 58.8 cm³/mol. The van der Waals surface area contributed by atoms with Crippen LogP contribution in [0, 0.1) is 0 Å². The van der Waals surface area contributed by atoms with E-state index in [1.165, 1.54) is 10.8 Å². The fourth-order valence-electron chi connectivity index (χ4n) is 1.24. The minimum Gasteiger partial charge on any atom is -0.544 e. The minimum atomic E-state index is -1.15. The maximum absolute atomic E-state index is 10.3. The molecule has 0 aliphatic carbocycles. The van der Waals surface area contributed by atoms with Crippen LogP contribution in [0.4, 0.5) is 0 Å². The number of carboxylic acids is 2. The van der Waals surface area contributed by atoms with E-state index < -0.39 is 11.9 Å². The lowest BCUT2D eigenvalue weighted by Crippen LogP contribution is -2.45. The molecule has 7 nitrogen and oxygen atoms in total. The quantitative estimate of drug-likeness (QED) is 0.418. The van der Waals surface area contributed by atoms with Crippen LogP contribution < -0.4 is 14.8 Å². The summed E-state index contributed by atoms with van der Waals surface area (Å²) in [5, 5.41) is 20.2. The van der Waals surface area contributed by atoms with E-state index in [0.29, 0.717) is 4.48 Å². The van der Waals surface area contributed by atoms with Crippen molar-refractivity contribution in [3.05, 3.63) is 18.2 Å². The normalized spacial score (nSPS) is 10.5. The second kappa shape index (κ2) is 6.15. The Labute approximate surface area is 106 Å². The first-order valence-electron chi connectivity index (χ1n) is 5.26. The third kappa shape index (κ3) is 6.64. The molecule has 18 heavy (non-hydrogen) atoms. The highest BCUT2D eigenvalue weighted by Gasteiger charge is 2.07. The highest BCUT2D eigenvalue weighted by atomic mass is 16.4. The molecule has 1 aromatic rings. The Balaban J connectivity index is 0.000000331. The van der Waals surface area contributed by atoms with Gasteiger partial charge >= 0.3 is 0 Å². The topological polar surface area (TPSA) is 89.1 Å². The highest BCUT2D eigenvalue weighted by Crippen LogP contribution is 1.90. The van der Waals surface area contributed by atoms with Gasteiger partial charge in [0.2, 0.25) is 6.33 Å². The van der Waals surface area contributed by atoms with Gasteiger partial charge in [0, 0.05) is 0 Å². The molecule has 7 heteroatoms. The molecule has 0 amide bonds. The van der Waals surface area contributed by atoms with Gasteiger partial charge < -0.3 is 24.3 Å². The van der Waals surface area contributed by atoms with Crippen molar-refractivity contribution in [2.45, 2.75) is 0 Å². The van der Waals surface area contributed by atoms with Crippen molar-refractivity contribution >= 4 is 11.9 Å². The molecule has 0 aliphatic rings. The van der Waals surface area contributed by atoms with E-state index in [1.54, 1.807) is 46.1 Å². The molecular weight excluding hydrogens is 238 g/mol. The molecule has 0 spiro atoms. The number of hydrogen-bond acceptors (Lipinski definition) is 4. The summed E-state index contributed by atoms with van der Waals surface area (Å²) >= 11 is 0. The van der Waals surface area contributed by atoms with Crippen LogP contribution in [0.5, 0.6) is 0 Å². The SMILES string of the molecule is C[N+](C)(C)CC(=O)[O-].Cn1c[n+](C)cc1C(=O)[O-]. The van der Waals surface area contributed by atoms with E-state index in [-0.39, 0.29) is 12.2 Å². The molecule has 0 unspecified atom stereocenters. The zero-order valence-electron chi connectivity index (χ0n) is 11.3. The summed E-state index contributed by atoms with van der Waals surface area (Å²) in [6.45, 7) is 0.0694. The molecular formula is C11H19N3O4. The van der Waals surface area contributed by atoms with Gasteiger partial charge in [0.05, 0.1) is 41.2 Å². The largest absolute Gasteiger partial charge is 0.544 e. The number of likely N-dealkylation sites (N-methyl/N-ethyl adjacent to an activating group) is 1. The van der Waals surface area contributed by atoms with Crippen molar-refractivity contribution in [1.82, 2.24) is 4.57 Å². The summed E-state index contributed by atoms with van der Waals surface area (Å²) in [5.41, 5.74) is 0.183. The van der Waals surface area contributed by atoms with Gasteiger partial charge in [-0.25, -0.2) is 9.13 Å². The van der Waals surface area contributed by atoms with Crippen LogP contribution in [0.2, 0.25) is 0 Å². The van der Waals surface area contributed by atoms with E-state index in [9.17, 15) is 19.8 Å². The molecule has 1 heterocycles. The summed E-state index contributed by atoms with van der Waals surface area (Å²) in [7, 11) is 8.82. The number of carbonyl (C=O) groups excluding carboxylic acids is 2. The zero-order chi connectivity index (χ0) is 14.5. The van der Waals surface area contributed by atoms with Crippen molar-refractivity contribution in [1.29, 1.82) is 0 Å². The fraction of sp³-hybridized carbons (Fsp3) is 0.545. The van der Waals surface area contributed by atoms with Crippen LogP contribution in [0.3, 0.4) is 0 Å². The summed E-state index contributed by atoms with van der Waals surface area (Å²) in [4.78, 5) is 20.2. The molecule has 1 rings (SSSR count). The van der Waals surface area contributed by atoms with Gasteiger partial charge in [-0.1, -0.05) is 0 Å². The second-order valence-electron chi connectivity index (χ2n) is 5.01. The molecule has 0 fully saturated rings. The lowest BCUT2D eigenvalue weighted by atomic mass is 10.5. The van der Waals surface area contributed by atoms with Gasteiger partial charge in [-0.3, -0.25) is 0 Å². The van der Waals surface area contributed by atoms with Crippen LogP contribution in [0.25, 0.3) is 0 Å². The maximum atomic E-state index is 10.3. The van der Waals surface area contributed by atoms with E-state index in [2.05, 4.69) is 0 Å². The first kappa shape index (κ1) is 16.1. The summed E-state index contributed by atoms with van der Waals surface area (Å²) < 4.78 is 3.57. The van der Waals surface area contributed by atoms with Crippen molar-refractivity contribution in [2.24, 2.45) is 14.1 Å². The van der Waals surface area contributed by atoms with Crippen LogP contribution in [-0.4, -0.2) is 48.7 Å². The minimum absolute atomic E-state index is 0.0694. The Morgan fingerprint density at radius 3 is 1.94 bits per heavy atom. The predicted octanol–water partition coefficient (Wildman–Crippen LogP) is -3.34. The number of nitrogens with zero attached hydrogens (tertiary/aromatic N) is 3. The van der Waals surface area contributed by atoms with Crippen molar-refractivity contribution < 1.29 is 28.9 Å². The fourth-order valence-corrected chi connectivity index (χ4v) is 1.24. The number of aromatic nitrogens is 2. The van der Waals surface area contributed by atoms with Crippen LogP contribution in [0.15, 0.2) is 12.5 Å². The van der Waals surface area contributed by atoms with Gasteiger partial charge in [0.1, 0.15) is 18.7 Å². The Kier molecular flexibility index (Phi) is 5.51. The smallest absolute Gasteiger partial charge is 0.243 e. The highest BCUT2D eigenvalue weighted by molar-refractivity contribution is 5.82. The molecule has 0 saturated heterocycles. The third-order valence-corrected chi connectivity index (χ3v) is 1.87. The van der Waals surface area contributed by atoms with E-state index in [4.69, 9.17) is 0 Å².